The van der Waals surface area contributed by atoms with Crippen LogP contribution in [0.5, 0.6) is 0 Å². The maximum Gasteiger partial charge on any atom is 0.325 e. The monoisotopic (exact) mass is 358 g/mol. The van der Waals surface area contributed by atoms with E-state index >= 15 is 0 Å². The molecule has 1 aromatic carbocycles. The summed E-state index contributed by atoms with van der Waals surface area (Å²) in [5, 5.41) is 7.91. The molecule has 138 valence electrons. The van der Waals surface area contributed by atoms with Crippen molar-refractivity contribution in [2.75, 3.05) is 18.9 Å². The van der Waals surface area contributed by atoms with Crippen molar-refractivity contribution < 1.29 is 19.2 Å². The highest BCUT2D eigenvalue weighted by atomic mass is 16.2. The molecule has 8 nitrogen and oxygen atoms in total. The number of benzene rings is 1. The van der Waals surface area contributed by atoms with Crippen LogP contribution in [0.4, 0.5) is 10.5 Å². The summed E-state index contributed by atoms with van der Waals surface area (Å²) in [4.78, 5) is 49.8. The van der Waals surface area contributed by atoms with Crippen LogP contribution < -0.4 is 16.0 Å². The van der Waals surface area contributed by atoms with E-state index in [-0.39, 0.29) is 18.4 Å². The number of nitrogens with one attached hydrogen (secondary N) is 3. The van der Waals surface area contributed by atoms with Gasteiger partial charge in [0.1, 0.15) is 12.1 Å². The fourth-order valence-corrected chi connectivity index (χ4v) is 3.54. The molecule has 1 aliphatic carbocycles. The third-order valence-corrected chi connectivity index (χ3v) is 4.89. The van der Waals surface area contributed by atoms with Crippen LogP contribution in [0.25, 0.3) is 0 Å². The number of rotatable bonds is 4. The minimum atomic E-state index is -0.839. The quantitative estimate of drug-likeness (QED) is 0.704. The zero-order chi connectivity index (χ0) is 18.7. The highest BCUT2D eigenvalue weighted by molar-refractivity contribution is 6.10. The fourth-order valence-electron chi connectivity index (χ4n) is 3.54. The molecule has 0 radical (unpaired) electrons. The Balaban J connectivity index is 1.66. The zero-order valence-corrected chi connectivity index (χ0v) is 14.6. The lowest BCUT2D eigenvalue weighted by molar-refractivity contribution is -0.134. The number of hydrogen-bond donors (Lipinski definition) is 3. The number of imide groups is 1. The van der Waals surface area contributed by atoms with Gasteiger partial charge in [0.25, 0.3) is 11.8 Å². The van der Waals surface area contributed by atoms with Crippen LogP contribution in [0.1, 0.15) is 42.5 Å². The fraction of sp³-hybridized carbons (Fsp3) is 0.444. The lowest BCUT2D eigenvalue weighted by Crippen LogP contribution is -2.48. The van der Waals surface area contributed by atoms with Crippen molar-refractivity contribution in [1.29, 1.82) is 0 Å². The Morgan fingerprint density at radius 3 is 2.62 bits per heavy atom. The standard InChI is InChI=1S/C18H22N4O4/c1-19-15(24)12-6-5-7-13(10-12)20-14(23)11-22-16(25)18(21-17(22)26)8-3-2-4-9-18/h5-7,10H,2-4,8-9,11H2,1H3,(H,19,24)(H,20,23)(H,21,26). The van der Waals surface area contributed by atoms with Crippen molar-refractivity contribution in [3.63, 3.8) is 0 Å². The normalized spacial score (nSPS) is 18.6. The Morgan fingerprint density at radius 2 is 1.92 bits per heavy atom. The van der Waals surface area contributed by atoms with Crippen LogP contribution in [-0.2, 0) is 9.59 Å². The molecule has 1 heterocycles. The van der Waals surface area contributed by atoms with Gasteiger partial charge in [-0.05, 0) is 31.0 Å². The molecular weight excluding hydrogens is 336 g/mol. The molecule has 8 heteroatoms. The van der Waals surface area contributed by atoms with E-state index in [0.29, 0.717) is 24.1 Å². The third-order valence-electron chi connectivity index (χ3n) is 4.89. The zero-order valence-electron chi connectivity index (χ0n) is 14.6. The van der Waals surface area contributed by atoms with Gasteiger partial charge in [-0.1, -0.05) is 25.3 Å². The van der Waals surface area contributed by atoms with Crippen LogP contribution in [0.15, 0.2) is 24.3 Å². The van der Waals surface area contributed by atoms with E-state index in [1.807, 2.05) is 0 Å². The second kappa shape index (κ2) is 7.15. The number of anilines is 1. The van der Waals surface area contributed by atoms with Gasteiger partial charge in [0.05, 0.1) is 0 Å². The Kier molecular flexibility index (Phi) is 4.92. The first-order valence-electron chi connectivity index (χ1n) is 8.71. The highest BCUT2D eigenvalue weighted by Crippen LogP contribution is 2.33. The summed E-state index contributed by atoms with van der Waals surface area (Å²) < 4.78 is 0. The van der Waals surface area contributed by atoms with E-state index < -0.39 is 17.5 Å². The Morgan fingerprint density at radius 1 is 1.19 bits per heavy atom. The molecule has 3 rings (SSSR count). The largest absolute Gasteiger partial charge is 0.355 e. The molecule has 1 aliphatic heterocycles. The summed E-state index contributed by atoms with van der Waals surface area (Å²) in [7, 11) is 1.52. The average molecular weight is 358 g/mol. The average Bonchev–Trinajstić information content (AvgIpc) is 2.86. The first kappa shape index (κ1) is 17.9. The topological polar surface area (TPSA) is 108 Å². The maximum absolute atomic E-state index is 12.7. The number of urea groups is 1. The molecule has 0 unspecified atom stereocenters. The SMILES string of the molecule is CNC(=O)c1cccc(NC(=O)CN2C(=O)NC3(CCCCC3)C2=O)c1. The Labute approximate surface area is 151 Å². The summed E-state index contributed by atoms with van der Waals surface area (Å²) in [5.41, 5.74) is -0.00801. The molecule has 1 spiro atoms. The molecule has 26 heavy (non-hydrogen) atoms. The Hall–Kier alpha value is -2.90. The van der Waals surface area contributed by atoms with Gasteiger partial charge in [0.15, 0.2) is 0 Å². The number of hydrogen-bond acceptors (Lipinski definition) is 4. The number of amides is 5. The molecule has 0 atom stereocenters. The molecule has 2 aliphatic rings. The van der Waals surface area contributed by atoms with Gasteiger partial charge in [-0.2, -0.15) is 0 Å². The van der Waals surface area contributed by atoms with Crippen molar-refractivity contribution in [3.8, 4) is 0 Å². The van der Waals surface area contributed by atoms with Gasteiger partial charge in [-0.25, -0.2) is 4.79 Å². The van der Waals surface area contributed by atoms with Gasteiger partial charge in [0.2, 0.25) is 5.91 Å². The molecule has 0 aromatic heterocycles. The van der Waals surface area contributed by atoms with E-state index in [2.05, 4.69) is 16.0 Å². The van der Waals surface area contributed by atoms with Gasteiger partial charge >= 0.3 is 6.03 Å². The summed E-state index contributed by atoms with van der Waals surface area (Å²) >= 11 is 0. The van der Waals surface area contributed by atoms with Crippen molar-refractivity contribution in [2.24, 2.45) is 0 Å². The van der Waals surface area contributed by atoms with Gasteiger partial charge in [-0.3, -0.25) is 19.3 Å². The molecule has 2 fully saturated rings. The molecule has 1 aromatic rings. The first-order valence-corrected chi connectivity index (χ1v) is 8.71. The first-order chi connectivity index (χ1) is 12.4. The molecule has 0 bridgehead atoms. The predicted octanol–water partition coefficient (Wildman–Crippen LogP) is 1.24. The van der Waals surface area contributed by atoms with E-state index in [0.717, 1.165) is 24.2 Å². The number of carbonyl (C=O) groups excluding carboxylic acids is 4. The van der Waals surface area contributed by atoms with Crippen LogP contribution in [0.3, 0.4) is 0 Å². The second-order valence-electron chi connectivity index (χ2n) is 6.67. The molecule has 3 N–H and O–H groups in total. The second-order valence-corrected chi connectivity index (χ2v) is 6.67. The lowest BCUT2D eigenvalue weighted by atomic mass is 9.82. The van der Waals surface area contributed by atoms with E-state index in [4.69, 9.17) is 0 Å². The molecule has 1 saturated carbocycles. The molecular formula is C18H22N4O4. The third kappa shape index (κ3) is 3.40. The van der Waals surface area contributed by atoms with Crippen molar-refractivity contribution in [2.45, 2.75) is 37.6 Å². The van der Waals surface area contributed by atoms with Crippen LogP contribution >= 0.6 is 0 Å². The minimum Gasteiger partial charge on any atom is -0.355 e. The van der Waals surface area contributed by atoms with Crippen LogP contribution in [0.2, 0.25) is 0 Å². The summed E-state index contributed by atoms with van der Waals surface area (Å²) in [5.74, 6) is -1.08. The Bertz CT molecular complexity index is 755. The number of carbonyl (C=O) groups is 4. The maximum atomic E-state index is 12.7. The molecule has 5 amide bonds. The summed E-state index contributed by atoms with van der Waals surface area (Å²) in [6.45, 7) is -0.351. The smallest absolute Gasteiger partial charge is 0.325 e. The summed E-state index contributed by atoms with van der Waals surface area (Å²) in [6, 6.07) is 5.92. The predicted molar refractivity (Wildman–Crippen MR) is 94.5 cm³/mol. The van der Waals surface area contributed by atoms with Gasteiger partial charge < -0.3 is 16.0 Å². The van der Waals surface area contributed by atoms with Crippen LogP contribution in [-0.4, -0.2) is 47.8 Å². The van der Waals surface area contributed by atoms with Crippen molar-refractivity contribution >= 4 is 29.4 Å². The van der Waals surface area contributed by atoms with E-state index in [1.54, 1.807) is 18.2 Å². The number of nitrogens with zero attached hydrogens (tertiary/aromatic N) is 1. The van der Waals surface area contributed by atoms with Crippen LogP contribution in [0, 0.1) is 0 Å². The molecule has 1 saturated heterocycles. The summed E-state index contributed by atoms with van der Waals surface area (Å²) in [6.07, 6.45) is 4.05. The lowest BCUT2D eigenvalue weighted by Gasteiger charge is -2.30. The van der Waals surface area contributed by atoms with Crippen molar-refractivity contribution in [3.05, 3.63) is 29.8 Å². The van der Waals surface area contributed by atoms with E-state index in [1.165, 1.54) is 13.1 Å². The highest BCUT2D eigenvalue weighted by Gasteiger charge is 2.51. The van der Waals surface area contributed by atoms with Gasteiger partial charge in [-0.15, -0.1) is 0 Å². The van der Waals surface area contributed by atoms with Gasteiger partial charge in [0, 0.05) is 18.3 Å². The minimum absolute atomic E-state index is 0.269. The van der Waals surface area contributed by atoms with E-state index in [9.17, 15) is 19.2 Å². The van der Waals surface area contributed by atoms with Crippen molar-refractivity contribution in [1.82, 2.24) is 15.5 Å².